The third-order valence-corrected chi connectivity index (χ3v) is 6.08. The zero-order valence-corrected chi connectivity index (χ0v) is 14.0. The van der Waals surface area contributed by atoms with E-state index in [0.717, 1.165) is 24.3 Å². The summed E-state index contributed by atoms with van der Waals surface area (Å²) in [7, 11) is -3.34. The van der Waals surface area contributed by atoms with Crippen molar-refractivity contribution in [2.24, 2.45) is 11.7 Å². The predicted octanol–water partition coefficient (Wildman–Crippen LogP) is 3.09. The van der Waals surface area contributed by atoms with E-state index in [1.165, 1.54) is 30.6 Å². The Morgan fingerprint density at radius 3 is 2.55 bits per heavy atom. The van der Waals surface area contributed by atoms with Gasteiger partial charge in [-0.1, -0.05) is 39.5 Å². The molecule has 0 spiro atoms. The van der Waals surface area contributed by atoms with E-state index in [9.17, 15) is 8.42 Å². The lowest BCUT2D eigenvalue weighted by atomic mass is 10.0. The molecular weight excluding hydrogens is 292 g/mol. The number of nitrogens with two attached hydrogens (primary N) is 1. The van der Waals surface area contributed by atoms with E-state index in [1.54, 1.807) is 11.4 Å². The summed E-state index contributed by atoms with van der Waals surface area (Å²) in [6.07, 6.45) is 5.63. The van der Waals surface area contributed by atoms with E-state index in [-0.39, 0.29) is 0 Å². The van der Waals surface area contributed by atoms with Gasteiger partial charge in [-0.05, 0) is 29.3 Å². The van der Waals surface area contributed by atoms with E-state index in [2.05, 4.69) is 18.6 Å². The van der Waals surface area contributed by atoms with E-state index < -0.39 is 10.0 Å². The number of unbranched alkanes of at least 4 members (excludes halogenated alkanes) is 3. The maximum Gasteiger partial charge on any atom is 0.250 e. The average Bonchev–Trinajstić information content (AvgIpc) is 2.86. The lowest BCUT2D eigenvalue weighted by Gasteiger charge is -2.06. The molecular formula is C14H26N2O2S2. The third-order valence-electron chi connectivity index (χ3n) is 3.13. The second-order valence-corrected chi connectivity index (χ2v) is 8.38. The lowest BCUT2D eigenvalue weighted by molar-refractivity contribution is 0.517. The Bertz CT molecular complexity index is 481. The smallest absolute Gasteiger partial charge is 0.250 e. The van der Waals surface area contributed by atoms with Crippen LogP contribution in [-0.4, -0.2) is 15.0 Å². The fourth-order valence-corrected chi connectivity index (χ4v) is 4.25. The van der Waals surface area contributed by atoms with Crippen LogP contribution in [0.3, 0.4) is 0 Å². The molecule has 0 radical (unpaired) electrons. The zero-order valence-electron chi connectivity index (χ0n) is 12.4. The molecule has 1 aromatic heterocycles. The van der Waals surface area contributed by atoms with Crippen LogP contribution in [0.4, 0.5) is 0 Å². The van der Waals surface area contributed by atoms with Crippen LogP contribution in [-0.2, 0) is 16.6 Å². The molecule has 0 aliphatic heterocycles. The first-order valence-electron chi connectivity index (χ1n) is 7.23. The third kappa shape index (κ3) is 6.35. The van der Waals surface area contributed by atoms with Crippen LogP contribution in [0.1, 0.15) is 51.5 Å². The van der Waals surface area contributed by atoms with Gasteiger partial charge in [0.25, 0.3) is 0 Å². The summed E-state index contributed by atoms with van der Waals surface area (Å²) >= 11 is 1.23. The van der Waals surface area contributed by atoms with Gasteiger partial charge < -0.3 is 5.73 Å². The van der Waals surface area contributed by atoms with Gasteiger partial charge in [0.1, 0.15) is 4.21 Å². The molecule has 1 rings (SSSR count). The van der Waals surface area contributed by atoms with Crippen molar-refractivity contribution in [1.82, 2.24) is 4.72 Å². The van der Waals surface area contributed by atoms with Crippen molar-refractivity contribution in [2.75, 3.05) is 6.54 Å². The van der Waals surface area contributed by atoms with Crippen molar-refractivity contribution in [3.8, 4) is 0 Å². The molecule has 0 saturated carbocycles. The average molecular weight is 319 g/mol. The SMILES string of the molecule is CC(C)CCCCCCNS(=O)(=O)c1cc(CN)cs1. The predicted molar refractivity (Wildman–Crippen MR) is 85.3 cm³/mol. The Kier molecular flexibility index (Phi) is 7.72. The van der Waals surface area contributed by atoms with Crippen molar-refractivity contribution in [3.05, 3.63) is 17.0 Å². The fraction of sp³-hybridized carbons (Fsp3) is 0.714. The Labute approximate surface area is 126 Å². The monoisotopic (exact) mass is 318 g/mol. The minimum atomic E-state index is -3.34. The molecule has 0 unspecified atom stereocenters. The number of rotatable bonds is 10. The molecule has 20 heavy (non-hydrogen) atoms. The van der Waals surface area contributed by atoms with Crippen molar-refractivity contribution >= 4 is 21.4 Å². The largest absolute Gasteiger partial charge is 0.326 e. The van der Waals surface area contributed by atoms with Gasteiger partial charge in [-0.3, -0.25) is 0 Å². The number of sulfonamides is 1. The Balaban J connectivity index is 2.23. The van der Waals surface area contributed by atoms with Crippen LogP contribution < -0.4 is 10.5 Å². The van der Waals surface area contributed by atoms with Gasteiger partial charge in [-0.2, -0.15) is 0 Å². The van der Waals surface area contributed by atoms with Crippen LogP contribution in [0.25, 0.3) is 0 Å². The molecule has 4 nitrogen and oxygen atoms in total. The molecule has 0 bridgehead atoms. The molecule has 3 N–H and O–H groups in total. The highest BCUT2D eigenvalue weighted by molar-refractivity contribution is 7.91. The highest BCUT2D eigenvalue weighted by Crippen LogP contribution is 2.19. The van der Waals surface area contributed by atoms with E-state index in [4.69, 9.17) is 5.73 Å². The topological polar surface area (TPSA) is 72.2 Å². The molecule has 1 heterocycles. The van der Waals surface area contributed by atoms with Crippen LogP contribution in [0.2, 0.25) is 0 Å². The molecule has 0 aromatic carbocycles. The Morgan fingerprint density at radius 2 is 1.95 bits per heavy atom. The van der Waals surface area contributed by atoms with Crippen LogP contribution in [0.15, 0.2) is 15.7 Å². The minimum Gasteiger partial charge on any atom is -0.326 e. The fourth-order valence-electron chi connectivity index (χ4n) is 1.91. The summed E-state index contributed by atoms with van der Waals surface area (Å²) < 4.78 is 27.0. The van der Waals surface area contributed by atoms with E-state index in [1.807, 2.05) is 0 Å². The van der Waals surface area contributed by atoms with Crippen molar-refractivity contribution in [1.29, 1.82) is 0 Å². The molecule has 6 heteroatoms. The van der Waals surface area contributed by atoms with Crippen LogP contribution in [0.5, 0.6) is 0 Å². The lowest BCUT2D eigenvalue weighted by Crippen LogP contribution is -2.24. The summed E-state index contributed by atoms with van der Waals surface area (Å²) in [5, 5.41) is 1.79. The molecule has 0 aliphatic rings. The molecule has 0 amide bonds. The maximum absolute atomic E-state index is 12.0. The number of hydrogen-bond acceptors (Lipinski definition) is 4. The standard InChI is InChI=1S/C14H26N2O2S2/c1-12(2)7-5-3-4-6-8-16-20(17,18)14-9-13(10-15)11-19-14/h9,11-12,16H,3-8,10,15H2,1-2H3. The van der Waals surface area contributed by atoms with Gasteiger partial charge in [0, 0.05) is 13.1 Å². The van der Waals surface area contributed by atoms with Gasteiger partial charge in [0.05, 0.1) is 0 Å². The normalized spacial score (nSPS) is 12.2. The number of nitrogens with one attached hydrogen (secondary N) is 1. The quantitative estimate of drug-likeness (QED) is 0.651. The van der Waals surface area contributed by atoms with Gasteiger partial charge in [0.2, 0.25) is 10.0 Å². The van der Waals surface area contributed by atoms with Crippen molar-refractivity contribution < 1.29 is 8.42 Å². The molecule has 1 aromatic rings. The first-order valence-corrected chi connectivity index (χ1v) is 9.59. The van der Waals surface area contributed by atoms with Gasteiger partial charge in [-0.25, -0.2) is 13.1 Å². The second kappa shape index (κ2) is 8.77. The Hall–Kier alpha value is -0.430. The summed E-state index contributed by atoms with van der Waals surface area (Å²) in [4.78, 5) is 0. The second-order valence-electron chi connectivity index (χ2n) is 5.47. The number of thiophene rings is 1. The van der Waals surface area contributed by atoms with Crippen LogP contribution >= 0.6 is 11.3 Å². The summed E-state index contributed by atoms with van der Waals surface area (Å²) in [6.45, 7) is 5.34. The molecule has 0 atom stereocenters. The first kappa shape index (κ1) is 17.6. The summed E-state index contributed by atoms with van der Waals surface area (Å²) in [6, 6.07) is 1.65. The Morgan fingerprint density at radius 1 is 1.25 bits per heavy atom. The summed E-state index contributed by atoms with van der Waals surface area (Å²) in [5.41, 5.74) is 6.35. The van der Waals surface area contributed by atoms with Gasteiger partial charge >= 0.3 is 0 Å². The van der Waals surface area contributed by atoms with Crippen LogP contribution in [0, 0.1) is 5.92 Å². The maximum atomic E-state index is 12.0. The summed E-state index contributed by atoms with van der Waals surface area (Å²) in [5.74, 6) is 0.754. The molecule has 116 valence electrons. The number of hydrogen-bond donors (Lipinski definition) is 2. The molecule has 0 fully saturated rings. The van der Waals surface area contributed by atoms with E-state index >= 15 is 0 Å². The zero-order chi connectivity index (χ0) is 15.0. The van der Waals surface area contributed by atoms with Crippen molar-refractivity contribution in [3.63, 3.8) is 0 Å². The highest BCUT2D eigenvalue weighted by atomic mass is 32.2. The molecule has 0 aliphatic carbocycles. The van der Waals surface area contributed by atoms with Gasteiger partial charge in [0.15, 0.2) is 0 Å². The molecule has 0 saturated heterocycles. The highest BCUT2D eigenvalue weighted by Gasteiger charge is 2.15. The minimum absolute atomic E-state index is 0.359. The van der Waals surface area contributed by atoms with Gasteiger partial charge in [-0.15, -0.1) is 11.3 Å². The van der Waals surface area contributed by atoms with Crippen molar-refractivity contribution in [2.45, 2.75) is 56.7 Å². The van der Waals surface area contributed by atoms with E-state index in [0.29, 0.717) is 17.3 Å². The first-order chi connectivity index (χ1) is 9.45.